The van der Waals surface area contributed by atoms with Crippen molar-refractivity contribution in [1.29, 1.82) is 0 Å². The van der Waals surface area contributed by atoms with Crippen LogP contribution in [0.4, 0.5) is 0 Å². The van der Waals surface area contributed by atoms with E-state index >= 15 is 0 Å². The number of thiophene rings is 1. The fourth-order valence-corrected chi connectivity index (χ4v) is 6.24. The van der Waals surface area contributed by atoms with Crippen molar-refractivity contribution in [2.24, 2.45) is 0 Å². The first-order valence-electron chi connectivity index (χ1n) is 7.27. The molecule has 6 heteroatoms. The molecule has 0 bridgehead atoms. The van der Waals surface area contributed by atoms with E-state index in [1.165, 1.54) is 11.3 Å². The van der Waals surface area contributed by atoms with Crippen LogP contribution in [0.15, 0.2) is 16.3 Å². The first kappa shape index (κ1) is 14.5. The molecule has 0 unspecified atom stereocenters. The van der Waals surface area contributed by atoms with Gasteiger partial charge in [0.2, 0.25) is 0 Å². The third kappa shape index (κ3) is 2.79. The number of hydrogen-bond donors (Lipinski definition) is 0. The van der Waals surface area contributed by atoms with Gasteiger partial charge in [-0.05, 0) is 64.9 Å². The van der Waals surface area contributed by atoms with Gasteiger partial charge in [-0.2, -0.15) is 4.31 Å². The maximum atomic E-state index is 12.9. The molecule has 20 heavy (non-hydrogen) atoms. The Morgan fingerprint density at radius 1 is 1.15 bits per heavy atom. The molecule has 0 amide bonds. The molecule has 3 rings (SSSR count). The molecular weight excluding hydrogens is 292 g/mol. The first-order valence-corrected chi connectivity index (χ1v) is 9.52. The summed E-state index contributed by atoms with van der Waals surface area (Å²) in [6.07, 6.45) is 3.96. The predicted octanol–water partition coefficient (Wildman–Crippen LogP) is 2.30. The molecule has 0 atom stereocenters. The van der Waals surface area contributed by atoms with Gasteiger partial charge < -0.3 is 4.90 Å². The molecule has 4 nitrogen and oxygen atoms in total. The van der Waals surface area contributed by atoms with E-state index in [9.17, 15) is 8.42 Å². The van der Waals surface area contributed by atoms with Gasteiger partial charge in [0.25, 0.3) is 10.0 Å². The minimum Gasteiger partial charge on any atom is -0.306 e. The molecule has 2 heterocycles. The highest BCUT2D eigenvalue weighted by atomic mass is 32.2. The molecule has 2 aliphatic rings. The lowest BCUT2D eigenvalue weighted by atomic mass is 10.1. The lowest BCUT2D eigenvalue weighted by Gasteiger charge is -2.36. The topological polar surface area (TPSA) is 40.6 Å². The van der Waals surface area contributed by atoms with Crippen LogP contribution >= 0.6 is 11.3 Å². The van der Waals surface area contributed by atoms with Gasteiger partial charge in [0.15, 0.2) is 0 Å². The molecule has 1 saturated carbocycles. The Balaban J connectivity index is 1.87. The average molecular weight is 314 g/mol. The SMILES string of the molecule is Cc1ccc(S(=O)(=O)N(C2CC2)C2CCN(C)CC2)s1. The second kappa shape index (κ2) is 5.40. The van der Waals surface area contributed by atoms with Gasteiger partial charge in [-0.15, -0.1) is 11.3 Å². The normalized spacial score (nSPS) is 22.6. The van der Waals surface area contributed by atoms with Crippen molar-refractivity contribution in [2.45, 2.75) is 48.9 Å². The Bertz CT molecular complexity index is 570. The molecule has 0 aromatic carbocycles. The van der Waals surface area contributed by atoms with Crippen molar-refractivity contribution in [2.75, 3.05) is 20.1 Å². The summed E-state index contributed by atoms with van der Waals surface area (Å²) in [5.74, 6) is 0. The molecule has 2 fully saturated rings. The van der Waals surface area contributed by atoms with Crippen LogP contribution in [0.3, 0.4) is 0 Å². The quantitative estimate of drug-likeness (QED) is 0.856. The molecular formula is C14H22N2O2S2. The number of piperidine rings is 1. The molecule has 1 saturated heterocycles. The Morgan fingerprint density at radius 2 is 1.75 bits per heavy atom. The van der Waals surface area contributed by atoms with E-state index in [0.717, 1.165) is 43.6 Å². The summed E-state index contributed by atoms with van der Waals surface area (Å²) >= 11 is 1.39. The number of likely N-dealkylation sites (tertiary alicyclic amines) is 1. The summed E-state index contributed by atoms with van der Waals surface area (Å²) in [5, 5.41) is 0. The third-order valence-electron chi connectivity index (χ3n) is 4.20. The summed E-state index contributed by atoms with van der Waals surface area (Å²) in [5.41, 5.74) is 0. The summed E-state index contributed by atoms with van der Waals surface area (Å²) < 4.78 is 28.2. The lowest BCUT2D eigenvalue weighted by Crippen LogP contribution is -2.47. The second-order valence-electron chi connectivity index (χ2n) is 5.97. The van der Waals surface area contributed by atoms with E-state index in [1.807, 2.05) is 17.3 Å². The maximum absolute atomic E-state index is 12.9. The second-order valence-corrected chi connectivity index (χ2v) is 9.32. The van der Waals surface area contributed by atoms with Crippen LogP contribution in [-0.2, 0) is 10.0 Å². The molecule has 112 valence electrons. The number of nitrogens with zero attached hydrogens (tertiary/aromatic N) is 2. The monoisotopic (exact) mass is 314 g/mol. The zero-order valence-electron chi connectivity index (χ0n) is 12.1. The van der Waals surface area contributed by atoms with Crippen LogP contribution < -0.4 is 0 Å². The number of aryl methyl sites for hydroxylation is 1. The van der Waals surface area contributed by atoms with Gasteiger partial charge in [-0.25, -0.2) is 8.42 Å². The number of hydrogen-bond acceptors (Lipinski definition) is 4. The van der Waals surface area contributed by atoms with E-state index in [4.69, 9.17) is 0 Å². The van der Waals surface area contributed by atoms with E-state index in [-0.39, 0.29) is 12.1 Å². The van der Waals surface area contributed by atoms with E-state index in [1.54, 1.807) is 6.07 Å². The van der Waals surface area contributed by atoms with Gasteiger partial charge in [-0.3, -0.25) is 0 Å². The van der Waals surface area contributed by atoms with Gasteiger partial charge in [0, 0.05) is 17.0 Å². The predicted molar refractivity (Wildman–Crippen MR) is 81.6 cm³/mol. The van der Waals surface area contributed by atoms with Crippen LogP contribution in [0.1, 0.15) is 30.6 Å². The van der Waals surface area contributed by atoms with E-state index in [0.29, 0.717) is 4.21 Å². The summed E-state index contributed by atoms with van der Waals surface area (Å²) in [6, 6.07) is 4.10. The summed E-state index contributed by atoms with van der Waals surface area (Å²) in [7, 11) is -1.19. The standard InChI is InChI=1S/C14H22N2O2S2/c1-11-3-6-14(19-11)20(17,18)16(12-4-5-12)13-7-9-15(2)10-8-13/h3,6,12-13H,4-5,7-10H2,1-2H3. The van der Waals surface area contributed by atoms with Crippen LogP contribution in [0, 0.1) is 6.92 Å². The summed E-state index contributed by atoms with van der Waals surface area (Å²) in [6.45, 7) is 3.94. The fourth-order valence-electron chi connectivity index (χ4n) is 2.92. The van der Waals surface area contributed by atoms with Crippen LogP contribution in [0.2, 0.25) is 0 Å². The first-order chi connectivity index (χ1) is 9.48. The Morgan fingerprint density at radius 3 is 2.25 bits per heavy atom. The highest BCUT2D eigenvalue weighted by Gasteiger charge is 2.43. The third-order valence-corrected chi connectivity index (χ3v) is 7.68. The van der Waals surface area contributed by atoms with Crippen LogP contribution in [-0.4, -0.2) is 49.8 Å². The molecule has 1 aromatic heterocycles. The van der Waals surface area contributed by atoms with Crippen molar-refractivity contribution < 1.29 is 8.42 Å². The zero-order valence-corrected chi connectivity index (χ0v) is 13.7. The van der Waals surface area contributed by atoms with Crippen LogP contribution in [0.5, 0.6) is 0 Å². The van der Waals surface area contributed by atoms with Crippen molar-refractivity contribution in [3.05, 3.63) is 17.0 Å². The van der Waals surface area contributed by atoms with Gasteiger partial charge in [-0.1, -0.05) is 0 Å². The fraction of sp³-hybridized carbons (Fsp3) is 0.714. The minimum atomic E-state index is -3.30. The van der Waals surface area contributed by atoms with Crippen molar-refractivity contribution >= 4 is 21.4 Å². The van der Waals surface area contributed by atoms with Crippen molar-refractivity contribution in [3.63, 3.8) is 0 Å². The van der Waals surface area contributed by atoms with Gasteiger partial charge in [0.1, 0.15) is 4.21 Å². The molecule has 0 spiro atoms. The van der Waals surface area contributed by atoms with Crippen molar-refractivity contribution in [3.8, 4) is 0 Å². The van der Waals surface area contributed by atoms with Gasteiger partial charge in [0.05, 0.1) is 0 Å². The molecule has 0 radical (unpaired) electrons. The molecule has 0 N–H and O–H groups in total. The number of sulfonamides is 1. The zero-order chi connectivity index (χ0) is 14.3. The van der Waals surface area contributed by atoms with E-state index < -0.39 is 10.0 Å². The lowest BCUT2D eigenvalue weighted by molar-refractivity contribution is 0.179. The smallest absolute Gasteiger partial charge is 0.253 e. The van der Waals surface area contributed by atoms with Gasteiger partial charge >= 0.3 is 0 Å². The largest absolute Gasteiger partial charge is 0.306 e. The Kier molecular flexibility index (Phi) is 3.92. The summed E-state index contributed by atoms with van der Waals surface area (Å²) in [4.78, 5) is 3.34. The minimum absolute atomic E-state index is 0.186. The Hall–Kier alpha value is -0.430. The highest BCUT2D eigenvalue weighted by molar-refractivity contribution is 7.91. The average Bonchev–Trinajstić information content (AvgIpc) is 3.12. The van der Waals surface area contributed by atoms with Crippen molar-refractivity contribution in [1.82, 2.24) is 9.21 Å². The Labute approximate surface area is 125 Å². The molecule has 1 aliphatic carbocycles. The molecule has 1 aromatic rings. The van der Waals surface area contributed by atoms with E-state index in [2.05, 4.69) is 11.9 Å². The van der Waals surface area contributed by atoms with Crippen LogP contribution in [0.25, 0.3) is 0 Å². The molecule has 1 aliphatic heterocycles. The number of rotatable bonds is 4. The highest BCUT2D eigenvalue weighted by Crippen LogP contribution is 2.38. The maximum Gasteiger partial charge on any atom is 0.253 e.